The van der Waals surface area contributed by atoms with Crippen molar-refractivity contribution in [1.29, 1.82) is 0 Å². The van der Waals surface area contributed by atoms with E-state index in [-0.39, 0.29) is 16.5 Å². The van der Waals surface area contributed by atoms with Gasteiger partial charge in [-0.2, -0.15) is 0 Å². The molecule has 4 heteroatoms. The van der Waals surface area contributed by atoms with Gasteiger partial charge in [0.05, 0.1) is 5.02 Å². The zero-order valence-electron chi connectivity index (χ0n) is 7.09. The van der Waals surface area contributed by atoms with Crippen molar-refractivity contribution in [3.63, 3.8) is 0 Å². The first-order valence-electron chi connectivity index (χ1n) is 3.85. The van der Waals surface area contributed by atoms with E-state index in [0.717, 1.165) is 6.07 Å². The zero-order valence-corrected chi connectivity index (χ0v) is 7.85. The van der Waals surface area contributed by atoms with Crippen LogP contribution in [0, 0.1) is 5.82 Å². The fourth-order valence-electron chi connectivity index (χ4n) is 0.815. The summed E-state index contributed by atoms with van der Waals surface area (Å²) < 4.78 is 13.0. The number of phenols is 1. The van der Waals surface area contributed by atoms with Crippen molar-refractivity contribution < 1.29 is 9.50 Å². The lowest BCUT2D eigenvalue weighted by molar-refractivity contribution is 0.474. The molecule has 0 atom stereocenters. The maximum atomic E-state index is 13.0. The molecule has 70 valence electrons. The van der Waals surface area contributed by atoms with Gasteiger partial charge in [0.25, 0.3) is 0 Å². The average Bonchev–Trinajstić information content (AvgIpc) is 2.09. The van der Waals surface area contributed by atoms with E-state index in [1.165, 1.54) is 6.07 Å². The molecule has 2 nitrogen and oxygen atoms in total. The van der Waals surface area contributed by atoms with E-state index in [2.05, 4.69) is 4.99 Å². The van der Waals surface area contributed by atoms with Gasteiger partial charge >= 0.3 is 0 Å². The molecule has 1 N–H and O–H groups in total. The lowest BCUT2D eigenvalue weighted by Crippen LogP contribution is -1.78. The highest BCUT2D eigenvalue weighted by Gasteiger charge is 2.05. The van der Waals surface area contributed by atoms with Crippen molar-refractivity contribution in [2.24, 2.45) is 4.99 Å². The molecular weight excluding hydrogens is 193 g/mol. The Balaban J connectivity index is 3.08. The minimum absolute atomic E-state index is 0.00653. The summed E-state index contributed by atoms with van der Waals surface area (Å²) in [5.74, 6) is -0.696. The molecule has 0 amide bonds. The van der Waals surface area contributed by atoms with Crippen LogP contribution in [0.3, 0.4) is 0 Å². The highest BCUT2D eigenvalue weighted by Crippen LogP contribution is 2.30. The molecule has 0 aliphatic heterocycles. The summed E-state index contributed by atoms with van der Waals surface area (Å²) >= 11 is 5.48. The lowest BCUT2D eigenvalue weighted by atomic mass is 10.3. The molecule has 0 spiro atoms. The zero-order chi connectivity index (χ0) is 9.84. The number of benzene rings is 1. The van der Waals surface area contributed by atoms with Gasteiger partial charge in [-0.1, -0.05) is 18.5 Å². The smallest absolute Gasteiger partial charge is 0.150 e. The first-order valence-corrected chi connectivity index (χ1v) is 4.23. The van der Waals surface area contributed by atoms with Gasteiger partial charge in [0.1, 0.15) is 11.4 Å². The predicted molar refractivity (Wildman–Crippen MR) is 51.5 cm³/mol. The van der Waals surface area contributed by atoms with Gasteiger partial charge in [-0.3, -0.25) is 4.99 Å². The third kappa shape index (κ3) is 2.42. The Labute approximate surface area is 80.7 Å². The average molecular weight is 202 g/mol. The summed E-state index contributed by atoms with van der Waals surface area (Å²) in [4.78, 5) is 3.81. The third-order valence-corrected chi connectivity index (χ3v) is 1.73. The van der Waals surface area contributed by atoms with Crippen LogP contribution >= 0.6 is 11.6 Å². The van der Waals surface area contributed by atoms with Crippen LogP contribution in [0.15, 0.2) is 17.1 Å². The van der Waals surface area contributed by atoms with Crippen LogP contribution in [0.2, 0.25) is 5.02 Å². The van der Waals surface area contributed by atoms with Gasteiger partial charge in [0, 0.05) is 12.3 Å². The van der Waals surface area contributed by atoms with E-state index in [1.807, 2.05) is 6.92 Å². The van der Waals surface area contributed by atoms with Gasteiger partial charge in [-0.05, 0) is 12.5 Å². The number of phenolic OH excluding ortho intramolecular Hbond substituents is 1. The Morgan fingerprint density at radius 2 is 2.31 bits per heavy atom. The quantitative estimate of drug-likeness (QED) is 0.732. The molecule has 13 heavy (non-hydrogen) atoms. The van der Waals surface area contributed by atoms with Gasteiger partial charge < -0.3 is 5.11 Å². The van der Waals surface area contributed by atoms with Crippen molar-refractivity contribution >= 4 is 23.5 Å². The molecule has 0 aliphatic carbocycles. The van der Waals surface area contributed by atoms with E-state index < -0.39 is 5.82 Å². The van der Waals surface area contributed by atoms with Gasteiger partial charge in [0.2, 0.25) is 0 Å². The minimum Gasteiger partial charge on any atom is -0.506 e. The number of nitrogens with zero attached hydrogens (tertiary/aromatic N) is 1. The van der Waals surface area contributed by atoms with Crippen molar-refractivity contribution in [3.05, 3.63) is 23.0 Å². The van der Waals surface area contributed by atoms with Crippen molar-refractivity contribution in [2.45, 2.75) is 13.3 Å². The van der Waals surface area contributed by atoms with Crippen LogP contribution in [0.5, 0.6) is 5.75 Å². The van der Waals surface area contributed by atoms with Gasteiger partial charge in [-0.15, -0.1) is 0 Å². The molecule has 0 fully saturated rings. The number of hydrogen-bond acceptors (Lipinski definition) is 2. The minimum atomic E-state index is -0.535. The van der Waals surface area contributed by atoms with Crippen LogP contribution in [-0.2, 0) is 0 Å². The summed E-state index contributed by atoms with van der Waals surface area (Å²) in [6.07, 6.45) is 2.27. The van der Waals surface area contributed by atoms with Crippen molar-refractivity contribution in [2.75, 3.05) is 0 Å². The molecular formula is C9H9ClFNO. The van der Waals surface area contributed by atoms with Crippen molar-refractivity contribution in [3.8, 4) is 5.75 Å². The Morgan fingerprint density at radius 1 is 1.62 bits per heavy atom. The summed E-state index contributed by atoms with van der Waals surface area (Å²) in [7, 11) is 0. The topological polar surface area (TPSA) is 32.6 Å². The SMILES string of the molecule is CCC=Nc1cc(O)c(Cl)cc1F. The second kappa shape index (κ2) is 4.23. The summed E-state index contributed by atoms with van der Waals surface area (Å²) in [6.45, 7) is 1.89. The van der Waals surface area contributed by atoms with Crippen molar-refractivity contribution in [1.82, 2.24) is 0 Å². The van der Waals surface area contributed by atoms with E-state index in [0.29, 0.717) is 6.42 Å². The Bertz CT molecular complexity index is 339. The Hall–Kier alpha value is -1.09. The van der Waals surface area contributed by atoms with Gasteiger partial charge in [0.15, 0.2) is 5.82 Å². The molecule has 0 unspecified atom stereocenters. The molecule has 0 saturated heterocycles. The maximum absolute atomic E-state index is 13.0. The second-order valence-electron chi connectivity index (χ2n) is 2.47. The first-order chi connectivity index (χ1) is 6.15. The van der Waals surface area contributed by atoms with Crippen LogP contribution < -0.4 is 0 Å². The van der Waals surface area contributed by atoms with Crippen LogP contribution in [-0.4, -0.2) is 11.3 Å². The monoisotopic (exact) mass is 201 g/mol. The normalized spacial score (nSPS) is 11.0. The predicted octanol–water partition coefficient (Wildman–Crippen LogP) is 3.30. The maximum Gasteiger partial charge on any atom is 0.150 e. The fourth-order valence-corrected chi connectivity index (χ4v) is 0.965. The molecule has 1 aromatic rings. The molecule has 1 aromatic carbocycles. The number of aromatic hydroxyl groups is 1. The number of rotatable bonds is 2. The summed E-state index contributed by atoms with van der Waals surface area (Å²) in [6, 6.07) is 2.24. The molecule has 0 aliphatic rings. The summed E-state index contributed by atoms with van der Waals surface area (Å²) in [5, 5.41) is 9.14. The van der Waals surface area contributed by atoms with Crippen LogP contribution in [0.25, 0.3) is 0 Å². The number of hydrogen-bond donors (Lipinski definition) is 1. The number of aliphatic imine (C=N–C) groups is 1. The lowest BCUT2D eigenvalue weighted by Gasteiger charge is -1.99. The molecule has 0 radical (unpaired) electrons. The Kier molecular flexibility index (Phi) is 3.25. The van der Waals surface area contributed by atoms with E-state index in [1.54, 1.807) is 6.21 Å². The molecule has 1 rings (SSSR count). The fraction of sp³-hybridized carbons (Fsp3) is 0.222. The first kappa shape index (κ1) is 9.99. The third-order valence-electron chi connectivity index (χ3n) is 1.43. The van der Waals surface area contributed by atoms with Crippen LogP contribution in [0.4, 0.5) is 10.1 Å². The molecule has 0 aromatic heterocycles. The largest absolute Gasteiger partial charge is 0.506 e. The van der Waals surface area contributed by atoms with E-state index >= 15 is 0 Å². The Morgan fingerprint density at radius 3 is 2.92 bits per heavy atom. The highest BCUT2D eigenvalue weighted by molar-refractivity contribution is 6.32. The van der Waals surface area contributed by atoms with Gasteiger partial charge in [-0.25, -0.2) is 4.39 Å². The highest BCUT2D eigenvalue weighted by atomic mass is 35.5. The number of halogens is 2. The van der Waals surface area contributed by atoms with Crippen LogP contribution in [0.1, 0.15) is 13.3 Å². The van der Waals surface area contributed by atoms with E-state index in [4.69, 9.17) is 16.7 Å². The second-order valence-corrected chi connectivity index (χ2v) is 2.88. The molecule has 0 saturated carbocycles. The summed E-state index contributed by atoms with van der Waals surface area (Å²) in [5.41, 5.74) is 0.101. The molecule has 0 heterocycles. The molecule has 0 bridgehead atoms. The van der Waals surface area contributed by atoms with E-state index in [9.17, 15) is 4.39 Å². The standard InChI is InChI=1S/C9H9ClFNO/c1-2-3-12-8-5-9(13)6(10)4-7(8)11/h3-5,13H,2H2,1H3.